The lowest BCUT2D eigenvalue weighted by atomic mass is 10.2. The van der Waals surface area contributed by atoms with Crippen LogP contribution in [0.5, 0.6) is 5.75 Å². The summed E-state index contributed by atoms with van der Waals surface area (Å²) in [5.74, 6) is 0.102. The van der Waals surface area contributed by atoms with Gasteiger partial charge in [0.05, 0.1) is 5.56 Å². The van der Waals surface area contributed by atoms with Crippen molar-refractivity contribution >= 4 is 33.8 Å². The highest BCUT2D eigenvalue weighted by Gasteiger charge is 2.16. The normalized spacial score (nSPS) is 11.5. The Bertz CT molecular complexity index is 643. The lowest BCUT2D eigenvalue weighted by molar-refractivity contribution is -0.122. The molecule has 108 valence electrons. The molecule has 0 radical (unpaired) electrons. The van der Waals surface area contributed by atoms with Crippen LogP contribution in [0.4, 0.5) is 5.69 Å². The molecule has 0 aromatic heterocycles. The monoisotopic (exact) mass is 347 g/mol. The topological polar surface area (TPSA) is 55.4 Å². The number of carbonyl (C=O) groups excluding carboxylic acids is 2. The highest BCUT2D eigenvalue weighted by Crippen LogP contribution is 2.23. The molecule has 0 saturated heterocycles. The molecule has 0 aliphatic rings. The van der Waals surface area contributed by atoms with Gasteiger partial charge in [0.25, 0.3) is 5.91 Å². The Morgan fingerprint density at radius 3 is 2.62 bits per heavy atom. The number of anilines is 1. The predicted octanol–water partition coefficient (Wildman–Crippen LogP) is 3.67. The summed E-state index contributed by atoms with van der Waals surface area (Å²) >= 11 is 3.28. The summed E-state index contributed by atoms with van der Waals surface area (Å²) in [7, 11) is 0. The maximum Gasteiger partial charge on any atom is 0.265 e. The molecule has 5 heteroatoms. The number of rotatable bonds is 5. The van der Waals surface area contributed by atoms with Crippen LogP contribution in [0.15, 0.2) is 53.0 Å². The maximum absolute atomic E-state index is 12.0. The number of nitrogens with one attached hydrogen (secondary N) is 1. The molecule has 1 N–H and O–H groups in total. The van der Waals surface area contributed by atoms with Gasteiger partial charge in [0.15, 0.2) is 12.4 Å². The van der Waals surface area contributed by atoms with E-state index in [1.54, 1.807) is 37.3 Å². The van der Waals surface area contributed by atoms with Crippen LogP contribution in [-0.2, 0) is 4.79 Å². The molecule has 1 amide bonds. The van der Waals surface area contributed by atoms with Gasteiger partial charge in [0.2, 0.25) is 0 Å². The van der Waals surface area contributed by atoms with E-state index in [9.17, 15) is 9.59 Å². The van der Waals surface area contributed by atoms with Gasteiger partial charge < -0.3 is 10.1 Å². The third-order valence-electron chi connectivity index (χ3n) is 2.81. The molecule has 0 fully saturated rings. The second-order valence-corrected chi connectivity index (χ2v) is 5.33. The first-order valence-corrected chi connectivity index (χ1v) is 7.17. The maximum atomic E-state index is 12.0. The predicted molar refractivity (Wildman–Crippen MR) is 84.7 cm³/mol. The number of carbonyl (C=O) groups is 2. The van der Waals surface area contributed by atoms with E-state index in [2.05, 4.69) is 21.2 Å². The minimum absolute atomic E-state index is 0.277. The summed E-state index contributed by atoms with van der Waals surface area (Å²) in [5.41, 5.74) is 1.09. The Morgan fingerprint density at radius 1 is 1.24 bits per heavy atom. The SMILES string of the molecule is C[C@H](Oc1ccc(Br)cc1C=O)C(=O)Nc1ccccc1. The van der Waals surface area contributed by atoms with Crippen molar-refractivity contribution in [1.29, 1.82) is 0 Å². The first-order valence-electron chi connectivity index (χ1n) is 6.37. The minimum atomic E-state index is -0.718. The van der Waals surface area contributed by atoms with E-state index in [0.29, 0.717) is 23.3 Å². The second-order valence-electron chi connectivity index (χ2n) is 4.42. The highest BCUT2D eigenvalue weighted by molar-refractivity contribution is 9.10. The van der Waals surface area contributed by atoms with Crippen molar-refractivity contribution in [3.8, 4) is 5.75 Å². The fraction of sp³-hybridized carbons (Fsp3) is 0.125. The number of hydrogen-bond donors (Lipinski definition) is 1. The molecule has 1 atom stereocenters. The van der Waals surface area contributed by atoms with E-state index in [0.717, 1.165) is 4.47 Å². The van der Waals surface area contributed by atoms with Gasteiger partial charge in [0.1, 0.15) is 5.75 Å². The number of amides is 1. The standard InChI is InChI=1S/C16H14BrNO3/c1-11(16(20)18-14-5-3-2-4-6-14)21-15-8-7-13(17)9-12(15)10-19/h2-11H,1H3,(H,18,20)/t11-/m0/s1. The smallest absolute Gasteiger partial charge is 0.265 e. The van der Waals surface area contributed by atoms with E-state index in [1.807, 2.05) is 18.2 Å². The van der Waals surface area contributed by atoms with E-state index in [1.165, 1.54) is 0 Å². The van der Waals surface area contributed by atoms with Crippen molar-refractivity contribution in [2.24, 2.45) is 0 Å². The summed E-state index contributed by atoms with van der Waals surface area (Å²) in [6.45, 7) is 1.63. The molecule has 4 nitrogen and oxygen atoms in total. The molecule has 0 aliphatic carbocycles. The number of aldehydes is 1. The first kappa shape index (κ1) is 15.3. The van der Waals surface area contributed by atoms with Gasteiger partial charge in [-0.2, -0.15) is 0 Å². The molecule has 0 aliphatic heterocycles. The molecule has 21 heavy (non-hydrogen) atoms. The number of hydrogen-bond acceptors (Lipinski definition) is 3. The Labute approximate surface area is 131 Å². The van der Waals surface area contributed by atoms with Gasteiger partial charge in [-0.15, -0.1) is 0 Å². The van der Waals surface area contributed by atoms with Crippen molar-refractivity contribution in [3.05, 3.63) is 58.6 Å². The zero-order valence-corrected chi connectivity index (χ0v) is 13.0. The Hall–Kier alpha value is -2.14. The van der Waals surface area contributed by atoms with Gasteiger partial charge in [-0.05, 0) is 37.3 Å². The van der Waals surface area contributed by atoms with Crippen molar-refractivity contribution in [2.45, 2.75) is 13.0 Å². The molecule has 2 rings (SSSR count). The van der Waals surface area contributed by atoms with Crippen molar-refractivity contribution in [3.63, 3.8) is 0 Å². The number of ether oxygens (including phenoxy) is 1. The van der Waals surface area contributed by atoms with Crippen LogP contribution in [-0.4, -0.2) is 18.3 Å². The average Bonchev–Trinajstić information content (AvgIpc) is 2.49. The molecule has 2 aromatic rings. The summed E-state index contributed by atoms with van der Waals surface area (Å²) in [6.07, 6.45) is -0.0212. The van der Waals surface area contributed by atoms with Gasteiger partial charge in [-0.1, -0.05) is 34.1 Å². The van der Waals surface area contributed by atoms with E-state index >= 15 is 0 Å². The zero-order chi connectivity index (χ0) is 15.2. The summed E-state index contributed by atoms with van der Waals surface area (Å²) in [4.78, 5) is 23.1. The third-order valence-corrected chi connectivity index (χ3v) is 3.31. The zero-order valence-electron chi connectivity index (χ0n) is 11.4. The van der Waals surface area contributed by atoms with E-state index in [-0.39, 0.29) is 5.91 Å². The van der Waals surface area contributed by atoms with Crippen LogP contribution in [0.1, 0.15) is 17.3 Å². The van der Waals surface area contributed by atoms with Crippen LogP contribution in [0.2, 0.25) is 0 Å². The summed E-state index contributed by atoms with van der Waals surface area (Å²) in [6, 6.07) is 14.2. The lowest BCUT2D eigenvalue weighted by Crippen LogP contribution is -2.30. The molecular formula is C16H14BrNO3. The Morgan fingerprint density at radius 2 is 1.95 bits per heavy atom. The number of halogens is 1. The molecular weight excluding hydrogens is 334 g/mol. The summed E-state index contributed by atoms with van der Waals surface area (Å²) in [5, 5.41) is 2.75. The summed E-state index contributed by atoms with van der Waals surface area (Å²) < 4.78 is 6.34. The van der Waals surface area contributed by atoms with Gasteiger partial charge in [-0.25, -0.2) is 0 Å². The fourth-order valence-electron chi connectivity index (χ4n) is 1.73. The van der Waals surface area contributed by atoms with Crippen molar-refractivity contribution in [1.82, 2.24) is 0 Å². The molecule has 0 unspecified atom stereocenters. The number of para-hydroxylation sites is 1. The van der Waals surface area contributed by atoms with Crippen molar-refractivity contribution in [2.75, 3.05) is 5.32 Å². The second kappa shape index (κ2) is 7.04. The Balaban J connectivity index is 2.05. The van der Waals surface area contributed by atoms with Crippen LogP contribution >= 0.6 is 15.9 Å². The first-order chi connectivity index (χ1) is 10.1. The molecule has 0 saturated carbocycles. The third kappa shape index (κ3) is 4.16. The number of benzene rings is 2. The largest absolute Gasteiger partial charge is 0.480 e. The average molecular weight is 348 g/mol. The quantitative estimate of drug-likeness (QED) is 0.839. The van der Waals surface area contributed by atoms with Crippen LogP contribution in [0.3, 0.4) is 0 Å². The molecule has 0 spiro atoms. The Kier molecular flexibility index (Phi) is 5.11. The molecule has 0 bridgehead atoms. The van der Waals surface area contributed by atoms with Crippen molar-refractivity contribution < 1.29 is 14.3 Å². The fourth-order valence-corrected chi connectivity index (χ4v) is 2.11. The van der Waals surface area contributed by atoms with Crippen LogP contribution in [0.25, 0.3) is 0 Å². The van der Waals surface area contributed by atoms with Crippen LogP contribution in [0, 0.1) is 0 Å². The van der Waals surface area contributed by atoms with Gasteiger partial charge >= 0.3 is 0 Å². The minimum Gasteiger partial charge on any atom is -0.480 e. The van der Waals surface area contributed by atoms with E-state index < -0.39 is 6.10 Å². The van der Waals surface area contributed by atoms with E-state index in [4.69, 9.17) is 4.74 Å². The molecule has 2 aromatic carbocycles. The van der Waals surface area contributed by atoms with Gasteiger partial charge in [0, 0.05) is 10.2 Å². The lowest BCUT2D eigenvalue weighted by Gasteiger charge is -2.16. The molecule has 0 heterocycles. The van der Waals surface area contributed by atoms with Gasteiger partial charge in [-0.3, -0.25) is 9.59 Å². The highest BCUT2D eigenvalue weighted by atomic mass is 79.9. The van der Waals surface area contributed by atoms with Crippen LogP contribution < -0.4 is 10.1 Å².